The fourth-order valence-corrected chi connectivity index (χ4v) is 18.7. The molecule has 1 aromatic heterocycles. The van der Waals surface area contributed by atoms with Crippen molar-refractivity contribution in [1.29, 1.82) is 0 Å². The molecule has 0 atom stereocenters. The van der Waals surface area contributed by atoms with Crippen LogP contribution in [0.5, 0.6) is 0 Å². The maximum absolute atomic E-state index is 2.98. The fourth-order valence-electron chi connectivity index (χ4n) is 13.5. The highest BCUT2D eigenvalue weighted by molar-refractivity contribution is 7.22. The van der Waals surface area contributed by atoms with Crippen molar-refractivity contribution >= 4 is 115 Å². The molecule has 15 aromatic rings. The molecule has 1 aliphatic rings. The summed E-state index contributed by atoms with van der Waals surface area (Å²) >= 11 is 0. The van der Waals surface area contributed by atoms with E-state index in [0.29, 0.717) is 0 Å². The smallest absolute Gasteiger partial charge is 0.180 e. The van der Waals surface area contributed by atoms with Gasteiger partial charge in [-0.15, -0.1) is 0 Å². The molecule has 14 aromatic carbocycles. The molecular weight excluding hydrogens is 907 g/mol. The van der Waals surface area contributed by atoms with E-state index in [1.165, 1.54) is 146 Å². The van der Waals surface area contributed by atoms with Gasteiger partial charge in [-0.3, -0.25) is 0 Å². The molecule has 1 nitrogen and oxygen atoms in total. The Morgan fingerprint density at radius 1 is 0.243 bits per heavy atom. The quantitative estimate of drug-likeness (QED) is 0.0920. The maximum atomic E-state index is 2.63. The normalized spacial score (nSPS) is 13.0. The predicted molar refractivity (Wildman–Crippen MR) is 319 cm³/mol. The summed E-state index contributed by atoms with van der Waals surface area (Å²) in [6.45, 7) is 0. The second kappa shape index (κ2) is 15.8. The van der Waals surface area contributed by atoms with E-state index in [9.17, 15) is 0 Å². The summed E-state index contributed by atoms with van der Waals surface area (Å²) in [5, 5.41) is 23.6. The third-order valence-electron chi connectivity index (χ3n) is 16.6. The fraction of sp³-hybridized carbons (Fsp3) is 0. The Kier molecular flexibility index (Phi) is 8.83. The van der Waals surface area contributed by atoms with Crippen LogP contribution in [0.4, 0.5) is 0 Å². The van der Waals surface area contributed by atoms with Crippen molar-refractivity contribution < 1.29 is 0 Å². The van der Waals surface area contributed by atoms with Crippen molar-refractivity contribution in [1.82, 2.24) is 4.57 Å². The van der Waals surface area contributed by atoms with Crippen molar-refractivity contribution in [2.45, 2.75) is 0 Å². The van der Waals surface area contributed by atoms with E-state index in [1.807, 2.05) is 0 Å². The summed E-state index contributed by atoms with van der Waals surface area (Å²) in [4.78, 5) is 0. The van der Waals surface area contributed by atoms with Gasteiger partial charge in [0.05, 0.1) is 11.0 Å². The van der Waals surface area contributed by atoms with Gasteiger partial charge in [-0.1, -0.05) is 224 Å². The van der Waals surface area contributed by atoms with Crippen molar-refractivity contribution in [2.75, 3.05) is 0 Å². The monoisotopic (exact) mass is 951 g/mol. The number of benzene rings is 14. The first-order valence-electron chi connectivity index (χ1n) is 25.8. The summed E-state index contributed by atoms with van der Waals surface area (Å²) in [5.74, 6) is 0. The third-order valence-corrected chi connectivity index (χ3v) is 21.4. The molecule has 0 saturated carbocycles. The molecule has 0 amide bonds. The summed E-state index contributed by atoms with van der Waals surface area (Å²) in [7, 11) is -2.98. The molecule has 342 valence electrons. The zero-order valence-corrected chi connectivity index (χ0v) is 41.4. The van der Waals surface area contributed by atoms with Crippen molar-refractivity contribution in [3.05, 3.63) is 273 Å². The molecule has 0 N–H and O–H groups in total. The molecule has 2 heteroatoms. The number of nitrogens with zero attached hydrogens (tertiary/aromatic N) is 1. The van der Waals surface area contributed by atoms with Crippen LogP contribution in [0.25, 0.3) is 126 Å². The lowest BCUT2D eigenvalue weighted by Gasteiger charge is -2.32. The van der Waals surface area contributed by atoms with Gasteiger partial charge in [-0.2, -0.15) is 0 Å². The van der Waals surface area contributed by atoms with Crippen molar-refractivity contribution in [2.24, 2.45) is 0 Å². The van der Waals surface area contributed by atoms with Crippen LogP contribution < -0.4 is 20.7 Å². The molecule has 2 heterocycles. The zero-order valence-electron chi connectivity index (χ0n) is 40.4. The van der Waals surface area contributed by atoms with Gasteiger partial charge in [0.25, 0.3) is 0 Å². The first kappa shape index (κ1) is 41.3. The number of para-hydroxylation sites is 2. The van der Waals surface area contributed by atoms with Gasteiger partial charge in [0.15, 0.2) is 8.07 Å². The minimum atomic E-state index is -2.98. The Labute approximate surface area is 429 Å². The summed E-state index contributed by atoms with van der Waals surface area (Å²) in [5.41, 5.74) is 11.3. The molecule has 16 rings (SSSR count). The predicted octanol–water partition coefficient (Wildman–Crippen LogP) is 16.4. The van der Waals surface area contributed by atoms with E-state index < -0.39 is 8.07 Å². The second-order valence-corrected chi connectivity index (χ2v) is 24.0. The summed E-state index contributed by atoms with van der Waals surface area (Å²) < 4.78 is 2.41. The second-order valence-electron chi connectivity index (χ2n) is 20.2. The number of rotatable bonds is 5. The first-order valence-corrected chi connectivity index (χ1v) is 27.8. The lowest BCUT2D eigenvalue weighted by Crippen LogP contribution is -2.72. The topological polar surface area (TPSA) is 4.93 Å². The minimum absolute atomic E-state index is 1.17. The average molecular weight is 952 g/mol. The Bertz CT molecular complexity index is 4720. The molecule has 0 saturated heterocycles. The molecule has 0 aliphatic carbocycles. The van der Waals surface area contributed by atoms with Gasteiger partial charge in [0, 0.05) is 16.5 Å². The Balaban J connectivity index is 0.980. The van der Waals surface area contributed by atoms with Gasteiger partial charge in [0.2, 0.25) is 0 Å². The van der Waals surface area contributed by atoms with Gasteiger partial charge in [0.1, 0.15) is 0 Å². The molecule has 0 bridgehead atoms. The van der Waals surface area contributed by atoms with Crippen molar-refractivity contribution in [3.8, 4) is 39.1 Å². The van der Waals surface area contributed by atoms with Crippen molar-refractivity contribution in [3.63, 3.8) is 0 Å². The number of hydrogen-bond acceptors (Lipinski definition) is 0. The zero-order chi connectivity index (χ0) is 48.5. The van der Waals surface area contributed by atoms with Crippen LogP contribution in [0.2, 0.25) is 0 Å². The van der Waals surface area contributed by atoms with Crippen LogP contribution >= 0.6 is 0 Å². The van der Waals surface area contributed by atoms with Crippen LogP contribution in [0.15, 0.2) is 273 Å². The van der Waals surface area contributed by atoms with E-state index in [-0.39, 0.29) is 0 Å². The SMILES string of the molecule is c1ccc(-n2c3ccccc3c3cc(-c4c5ccccc5c(-c5ccc6c(c5)[Si](c5ccccc5)(c5ccccc5)c5cc7c8ccccc8c8cc9ccccc9cc8c7cc5-6)c5ccccc45)ccc32)cc1. The molecule has 0 unspecified atom stereocenters. The number of fused-ring (bicyclic) bond motifs is 15. The summed E-state index contributed by atoms with van der Waals surface area (Å²) in [6.07, 6.45) is 0. The summed E-state index contributed by atoms with van der Waals surface area (Å²) in [6, 6.07) is 103. The van der Waals surface area contributed by atoms with Gasteiger partial charge in [-0.05, 0) is 167 Å². The van der Waals surface area contributed by atoms with E-state index in [0.717, 1.165) is 0 Å². The Morgan fingerprint density at radius 2 is 0.662 bits per heavy atom. The minimum Gasteiger partial charge on any atom is -0.309 e. The van der Waals surface area contributed by atoms with Crippen LogP contribution in [-0.4, -0.2) is 12.6 Å². The Morgan fingerprint density at radius 3 is 1.26 bits per heavy atom. The number of aromatic nitrogens is 1. The maximum Gasteiger partial charge on any atom is 0.180 e. The van der Waals surface area contributed by atoms with Gasteiger partial charge >= 0.3 is 0 Å². The van der Waals surface area contributed by atoms with Gasteiger partial charge in [-0.25, -0.2) is 0 Å². The lowest BCUT2D eigenvalue weighted by molar-refractivity contribution is 1.18. The highest BCUT2D eigenvalue weighted by Gasteiger charge is 2.49. The molecule has 0 spiro atoms. The highest BCUT2D eigenvalue weighted by atomic mass is 28.3. The van der Waals surface area contributed by atoms with Crippen LogP contribution in [0.3, 0.4) is 0 Å². The van der Waals surface area contributed by atoms with E-state index in [1.54, 1.807) is 0 Å². The molecule has 0 fully saturated rings. The van der Waals surface area contributed by atoms with Crippen LogP contribution in [0.1, 0.15) is 0 Å². The molecular formula is C72H45NSi. The third kappa shape index (κ3) is 5.74. The molecule has 0 radical (unpaired) electrons. The average Bonchev–Trinajstić information content (AvgIpc) is 3.96. The standard InChI is InChI=1S/C72H45NSi/c1-4-22-50(23-5-1)73-67-35-19-18-30-55(67)65-42-48(37-39-68(65)73)71-57-31-14-16-33-59(57)72(60-34-17-15-32-58(60)71)49-36-38-56-66-44-63-62-41-47-21-11-10-20-46(47)40-61(62)53-28-12-13-29-54(53)64(63)45-70(66)74(69(56)43-49,51-24-6-2-7-25-51)52-26-8-3-9-27-52/h1-45H. The van der Waals surface area contributed by atoms with E-state index in [4.69, 9.17) is 0 Å². The molecule has 1 aliphatic heterocycles. The van der Waals surface area contributed by atoms with Crippen LogP contribution in [-0.2, 0) is 0 Å². The largest absolute Gasteiger partial charge is 0.309 e. The first-order chi connectivity index (χ1) is 36.7. The molecule has 74 heavy (non-hydrogen) atoms. The van der Waals surface area contributed by atoms with E-state index in [2.05, 4.69) is 278 Å². The van der Waals surface area contributed by atoms with Crippen LogP contribution in [0, 0.1) is 0 Å². The van der Waals surface area contributed by atoms with Gasteiger partial charge < -0.3 is 4.57 Å². The Hall–Kier alpha value is -9.34. The van der Waals surface area contributed by atoms with E-state index >= 15 is 0 Å². The lowest BCUT2D eigenvalue weighted by atomic mass is 9.85. The number of hydrogen-bond donors (Lipinski definition) is 0. The highest BCUT2D eigenvalue weighted by Crippen LogP contribution is 2.47.